The van der Waals surface area contributed by atoms with Crippen LogP contribution in [0, 0.1) is 5.82 Å². The second-order valence-corrected chi connectivity index (χ2v) is 7.00. The van der Waals surface area contributed by atoms with E-state index in [1.807, 2.05) is 24.3 Å². The average Bonchev–Trinajstić information content (AvgIpc) is 2.78. The summed E-state index contributed by atoms with van der Waals surface area (Å²) in [6, 6.07) is 20.6. The van der Waals surface area contributed by atoms with Gasteiger partial charge in [-0.2, -0.15) is 0 Å². The van der Waals surface area contributed by atoms with Crippen LogP contribution in [0.5, 0.6) is 5.75 Å². The van der Waals surface area contributed by atoms with E-state index < -0.39 is 11.7 Å². The molecule has 0 atom stereocenters. The van der Waals surface area contributed by atoms with E-state index in [2.05, 4.69) is 5.32 Å². The van der Waals surface area contributed by atoms with Crippen LogP contribution in [0.1, 0.15) is 22.3 Å². The van der Waals surface area contributed by atoms with E-state index in [4.69, 9.17) is 4.74 Å². The third-order valence-corrected chi connectivity index (χ3v) is 4.98. The first kappa shape index (κ1) is 19.6. The van der Waals surface area contributed by atoms with Crippen LogP contribution in [0.4, 0.5) is 15.8 Å². The van der Waals surface area contributed by atoms with Crippen molar-refractivity contribution in [3.63, 3.8) is 0 Å². The molecule has 0 saturated heterocycles. The lowest BCUT2D eigenvalue weighted by Gasteiger charge is -2.30. The molecule has 0 unspecified atom stereocenters. The van der Waals surface area contributed by atoms with Gasteiger partial charge in [-0.3, -0.25) is 9.59 Å². The van der Waals surface area contributed by atoms with Gasteiger partial charge in [-0.25, -0.2) is 4.39 Å². The van der Waals surface area contributed by atoms with Crippen LogP contribution in [-0.2, 0) is 11.2 Å². The van der Waals surface area contributed by atoms with Crippen LogP contribution in [0.3, 0.4) is 0 Å². The van der Waals surface area contributed by atoms with E-state index in [1.165, 1.54) is 12.1 Å². The summed E-state index contributed by atoms with van der Waals surface area (Å²) >= 11 is 0. The maximum atomic E-state index is 13.7. The Morgan fingerprint density at radius 3 is 2.57 bits per heavy atom. The predicted molar refractivity (Wildman–Crippen MR) is 113 cm³/mol. The monoisotopic (exact) mass is 404 g/mol. The quantitative estimate of drug-likeness (QED) is 0.684. The summed E-state index contributed by atoms with van der Waals surface area (Å²) in [5.74, 6) is -0.891. The highest BCUT2D eigenvalue weighted by atomic mass is 19.1. The molecule has 0 bridgehead atoms. The zero-order valence-corrected chi connectivity index (χ0v) is 16.3. The number of anilines is 2. The van der Waals surface area contributed by atoms with Crippen molar-refractivity contribution in [2.24, 2.45) is 0 Å². The molecule has 1 heterocycles. The molecule has 4 rings (SSSR count). The van der Waals surface area contributed by atoms with Gasteiger partial charge >= 0.3 is 0 Å². The number of fused-ring (bicyclic) bond motifs is 1. The number of para-hydroxylation sites is 3. The first-order valence-electron chi connectivity index (χ1n) is 9.79. The third-order valence-electron chi connectivity index (χ3n) is 4.98. The summed E-state index contributed by atoms with van der Waals surface area (Å²) in [7, 11) is 0. The van der Waals surface area contributed by atoms with Gasteiger partial charge in [-0.05, 0) is 48.7 Å². The molecule has 0 aliphatic carbocycles. The summed E-state index contributed by atoms with van der Waals surface area (Å²) in [6.07, 6.45) is 1.82. The van der Waals surface area contributed by atoms with Gasteiger partial charge in [0.1, 0.15) is 11.6 Å². The minimum Gasteiger partial charge on any atom is -0.483 e. The highest BCUT2D eigenvalue weighted by molar-refractivity contribution is 6.08. The second-order valence-electron chi connectivity index (χ2n) is 7.00. The Kier molecular flexibility index (Phi) is 5.75. The van der Waals surface area contributed by atoms with Gasteiger partial charge in [0.25, 0.3) is 11.8 Å². The minimum absolute atomic E-state index is 0.0837. The molecule has 0 spiro atoms. The lowest BCUT2D eigenvalue weighted by molar-refractivity contribution is -0.118. The van der Waals surface area contributed by atoms with E-state index >= 15 is 0 Å². The second kappa shape index (κ2) is 8.78. The van der Waals surface area contributed by atoms with Crippen molar-refractivity contribution in [3.05, 3.63) is 89.7 Å². The SMILES string of the molecule is O=C(COc1ccccc1C(=O)N1CCCc2ccccc21)Nc1ccccc1F. The highest BCUT2D eigenvalue weighted by Crippen LogP contribution is 2.30. The summed E-state index contributed by atoms with van der Waals surface area (Å²) in [5, 5.41) is 2.47. The Morgan fingerprint density at radius 1 is 0.967 bits per heavy atom. The Balaban J connectivity index is 1.49. The number of hydrogen-bond donors (Lipinski definition) is 1. The number of nitrogens with one attached hydrogen (secondary N) is 1. The Labute approximate surface area is 174 Å². The Bertz CT molecular complexity index is 1080. The van der Waals surface area contributed by atoms with Crippen molar-refractivity contribution in [2.75, 3.05) is 23.4 Å². The number of amides is 2. The maximum Gasteiger partial charge on any atom is 0.262 e. The first-order chi connectivity index (χ1) is 14.6. The number of carbonyl (C=O) groups excluding carboxylic acids is 2. The Hall–Kier alpha value is -3.67. The molecule has 1 aliphatic rings. The van der Waals surface area contributed by atoms with Crippen molar-refractivity contribution in [2.45, 2.75) is 12.8 Å². The van der Waals surface area contributed by atoms with Gasteiger partial charge in [-0.15, -0.1) is 0 Å². The number of benzene rings is 3. The van der Waals surface area contributed by atoms with E-state index in [1.54, 1.807) is 41.3 Å². The van der Waals surface area contributed by atoms with Gasteiger partial charge in [0.2, 0.25) is 0 Å². The summed E-state index contributed by atoms with van der Waals surface area (Å²) in [6.45, 7) is 0.285. The van der Waals surface area contributed by atoms with Gasteiger partial charge in [0.15, 0.2) is 6.61 Å². The zero-order chi connectivity index (χ0) is 20.9. The van der Waals surface area contributed by atoms with E-state index in [0.29, 0.717) is 17.9 Å². The highest BCUT2D eigenvalue weighted by Gasteiger charge is 2.25. The maximum absolute atomic E-state index is 13.7. The standard InChI is InChI=1S/C24H21FN2O3/c25-19-11-3-4-12-20(19)26-23(28)16-30-22-14-6-2-10-18(22)24(29)27-15-7-9-17-8-1-5-13-21(17)27/h1-6,8,10-14H,7,9,15-16H2,(H,26,28). The number of rotatable bonds is 5. The van der Waals surface area contributed by atoms with Gasteiger partial charge in [0.05, 0.1) is 11.3 Å². The van der Waals surface area contributed by atoms with Gasteiger partial charge in [0, 0.05) is 12.2 Å². The molecule has 0 aromatic heterocycles. The van der Waals surface area contributed by atoms with Crippen LogP contribution in [0.2, 0.25) is 0 Å². The topological polar surface area (TPSA) is 58.6 Å². The van der Waals surface area contributed by atoms with Crippen LogP contribution in [0.25, 0.3) is 0 Å². The van der Waals surface area contributed by atoms with E-state index in [0.717, 1.165) is 24.1 Å². The summed E-state index contributed by atoms with van der Waals surface area (Å²) in [5.41, 5.74) is 2.51. The molecule has 3 aromatic carbocycles. The van der Waals surface area contributed by atoms with Crippen LogP contribution in [-0.4, -0.2) is 25.0 Å². The van der Waals surface area contributed by atoms with Gasteiger partial charge < -0.3 is 15.0 Å². The normalized spacial score (nSPS) is 12.8. The number of aryl methyl sites for hydroxylation is 1. The molecule has 152 valence electrons. The zero-order valence-electron chi connectivity index (χ0n) is 16.3. The van der Waals surface area contributed by atoms with E-state index in [9.17, 15) is 14.0 Å². The summed E-state index contributed by atoms with van der Waals surface area (Å²) in [4.78, 5) is 27.2. The number of halogens is 1. The summed E-state index contributed by atoms with van der Waals surface area (Å²) < 4.78 is 19.3. The van der Waals surface area contributed by atoms with Gasteiger partial charge in [-0.1, -0.05) is 42.5 Å². The van der Waals surface area contributed by atoms with Crippen molar-refractivity contribution in [1.29, 1.82) is 0 Å². The van der Waals surface area contributed by atoms with Crippen LogP contribution < -0.4 is 15.0 Å². The smallest absolute Gasteiger partial charge is 0.262 e. The molecule has 2 amide bonds. The predicted octanol–water partition coefficient (Wildman–Crippen LogP) is 4.44. The third kappa shape index (κ3) is 4.17. The molecular formula is C24H21FN2O3. The molecule has 0 saturated carbocycles. The molecule has 1 N–H and O–H groups in total. The number of hydrogen-bond acceptors (Lipinski definition) is 3. The van der Waals surface area contributed by atoms with Crippen molar-refractivity contribution >= 4 is 23.2 Å². The number of ether oxygens (including phenoxy) is 1. The fourth-order valence-corrected chi connectivity index (χ4v) is 3.55. The largest absolute Gasteiger partial charge is 0.483 e. The van der Waals surface area contributed by atoms with E-state index in [-0.39, 0.29) is 18.2 Å². The molecule has 3 aromatic rings. The molecule has 1 aliphatic heterocycles. The van der Waals surface area contributed by atoms with Crippen molar-refractivity contribution in [1.82, 2.24) is 0 Å². The first-order valence-corrected chi connectivity index (χ1v) is 9.79. The number of nitrogens with zero attached hydrogens (tertiary/aromatic N) is 1. The molecule has 0 radical (unpaired) electrons. The fraction of sp³-hybridized carbons (Fsp3) is 0.167. The molecular weight excluding hydrogens is 383 g/mol. The fourth-order valence-electron chi connectivity index (χ4n) is 3.55. The van der Waals surface area contributed by atoms with Crippen LogP contribution in [0.15, 0.2) is 72.8 Å². The molecule has 5 nitrogen and oxygen atoms in total. The lowest BCUT2D eigenvalue weighted by atomic mass is 10.0. The minimum atomic E-state index is -0.523. The van der Waals surface area contributed by atoms with Crippen molar-refractivity contribution in [3.8, 4) is 5.75 Å². The van der Waals surface area contributed by atoms with Crippen molar-refractivity contribution < 1.29 is 18.7 Å². The van der Waals surface area contributed by atoms with Crippen LogP contribution >= 0.6 is 0 Å². The molecule has 30 heavy (non-hydrogen) atoms. The molecule has 6 heteroatoms. The average molecular weight is 404 g/mol. The molecule has 0 fully saturated rings. The number of carbonyl (C=O) groups is 2. The lowest BCUT2D eigenvalue weighted by Crippen LogP contribution is -2.35. The Morgan fingerprint density at radius 2 is 1.70 bits per heavy atom.